The monoisotopic (exact) mass is 502 g/mol. The topological polar surface area (TPSA) is 128 Å². The second-order valence-corrected chi connectivity index (χ2v) is 8.99. The number of alkyl carbamates (subject to hydrolysis) is 1. The predicted octanol–water partition coefficient (Wildman–Crippen LogP) is 3.07. The van der Waals surface area contributed by atoms with Crippen LogP contribution in [-0.2, 0) is 41.6 Å². The van der Waals surface area contributed by atoms with E-state index < -0.39 is 12.0 Å². The maximum absolute atomic E-state index is 12.4. The molecule has 2 amide bonds. The highest BCUT2D eigenvalue weighted by Crippen LogP contribution is 2.22. The van der Waals surface area contributed by atoms with Crippen LogP contribution in [0.2, 0.25) is 0 Å². The summed E-state index contributed by atoms with van der Waals surface area (Å²) in [4.78, 5) is 58.1. The first-order chi connectivity index (χ1) is 17.5. The molecular weight excluding hydrogens is 464 g/mol. The molecule has 1 atom stereocenters. The van der Waals surface area contributed by atoms with Crippen LogP contribution in [0.3, 0.4) is 0 Å². The Morgan fingerprint density at radius 2 is 1.72 bits per heavy atom. The number of carbonyl (C=O) groups excluding carboxylic acids is 5. The number of hydrogen-bond acceptors (Lipinski definition) is 7. The summed E-state index contributed by atoms with van der Waals surface area (Å²) >= 11 is 0. The highest BCUT2D eigenvalue weighted by molar-refractivity contribution is 6.03. The summed E-state index contributed by atoms with van der Waals surface area (Å²) in [5.74, 6) is -0.637. The van der Waals surface area contributed by atoms with Crippen molar-refractivity contribution in [1.29, 1.82) is 0 Å². The Hall–Kier alpha value is -3.07. The fourth-order valence-corrected chi connectivity index (χ4v) is 3.94. The van der Waals surface area contributed by atoms with Crippen molar-refractivity contribution in [2.75, 3.05) is 26.4 Å². The second kappa shape index (κ2) is 17.4. The summed E-state index contributed by atoms with van der Waals surface area (Å²) < 4.78 is 10.3. The van der Waals surface area contributed by atoms with Crippen LogP contribution in [0, 0.1) is 5.92 Å². The van der Waals surface area contributed by atoms with Crippen molar-refractivity contribution in [3.63, 3.8) is 0 Å². The molecule has 1 aliphatic rings. The summed E-state index contributed by atoms with van der Waals surface area (Å²) in [5.41, 5.74) is 1.76. The van der Waals surface area contributed by atoms with Crippen molar-refractivity contribution in [3.05, 3.63) is 35.4 Å². The van der Waals surface area contributed by atoms with Gasteiger partial charge >= 0.3 is 6.09 Å². The lowest BCUT2D eigenvalue weighted by Gasteiger charge is -2.19. The van der Waals surface area contributed by atoms with E-state index >= 15 is 0 Å². The average molecular weight is 503 g/mol. The minimum absolute atomic E-state index is 0.00802. The number of amides is 2. The van der Waals surface area contributed by atoms with Crippen LogP contribution in [0.5, 0.6) is 0 Å². The van der Waals surface area contributed by atoms with Gasteiger partial charge < -0.3 is 24.9 Å². The summed E-state index contributed by atoms with van der Waals surface area (Å²) in [5, 5.41) is 5.42. The summed E-state index contributed by atoms with van der Waals surface area (Å²) in [6.45, 7) is 1.25. The van der Waals surface area contributed by atoms with Crippen molar-refractivity contribution in [1.82, 2.24) is 10.6 Å². The van der Waals surface area contributed by atoms with Crippen LogP contribution in [-0.4, -0.2) is 56.2 Å². The zero-order chi connectivity index (χ0) is 26.0. The fraction of sp³-hybridized carbons (Fsp3) is 0.593. The Kier molecular flexibility index (Phi) is 14.1. The van der Waals surface area contributed by atoms with E-state index in [1.54, 1.807) is 0 Å². The van der Waals surface area contributed by atoms with Gasteiger partial charge in [-0.05, 0) is 36.8 Å². The lowest BCUT2D eigenvalue weighted by molar-refractivity contribution is -0.134. The first-order valence-corrected chi connectivity index (χ1v) is 12.8. The number of nitrogens with one attached hydrogen (secondary N) is 2. The summed E-state index contributed by atoms with van der Waals surface area (Å²) in [6, 6.07) is 7.43. The molecule has 36 heavy (non-hydrogen) atoms. The molecule has 9 nitrogen and oxygen atoms in total. The van der Waals surface area contributed by atoms with E-state index in [4.69, 9.17) is 9.47 Å². The molecule has 1 saturated carbocycles. The maximum Gasteiger partial charge on any atom is 0.407 e. The minimum Gasteiger partial charge on any atom is -0.449 e. The molecule has 0 aliphatic heterocycles. The molecule has 0 heterocycles. The van der Waals surface area contributed by atoms with Crippen molar-refractivity contribution >= 4 is 29.9 Å². The van der Waals surface area contributed by atoms with Gasteiger partial charge in [0.25, 0.3) is 0 Å². The number of carbonyl (C=O) groups is 5. The molecule has 1 aliphatic carbocycles. The van der Waals surface area contributed by atoms with Gasteiger partial charge in [-0.3, -0.25) is 14.4 Å². The number of ether oxygens (including phenoxy) is 2. The van der Waals surface area contributed by atoms with Crippen LogP contribution in [0.4, 0.5) is 4.79 Å². The van der Waals surface area contributed by atoms with E-state index in [2.05, 4.69) is 10.6 Å². The number of rotatable bonds is 17. The quantitative estimate of drug-likeness (QED) is 0.190. The van der Waals surface area contributed by atoms with Gasteiger partial charge in [0.1, 0.15) is 24.5 Å². The molecule has 0 spiro atoms. The summed E-state index contributed by atoms with van der Waals surface area (Å²) in [7, 11) is 0. The number of benzene rings is 1. The molecule has 1 aromatic carbocycles. The zero-order valence-corrected chi connectivity index (χ0v) is 20.9. The molecular formula is C27H38N2O7. The third kappa shape index (κ3) is 12.1. The zero-order valence-electron chi connectivity index (χ0n) is 20.9. The molecule has 2 N–H and O–H groups in total. The lowest BCUT2D eigenvalue weighted by Crippen LogP contribution is -2.28. The van der Waals surface area contributed by atoms with E-state index in [0.29, 0.717) is 45.4 Å². The van der Waals surface area contributed by atoms with Crippen LogP contribution in [0.25, 0.3) is 0 Å². The van der Waals surface area contributed by atoms with E-state index in [-0.39, 0.29) is 37.1 Å². The van der Waals surface area contributed by atoms with Gasteiger partial charge in [0.2, 0.25) is 5.91 Å². The van der Waals surface area contributed by atoms with Crippen LogP contribution in [0.15, 0.2) is 24.3 Å². The number of hydrogen-bond donors (Lipinski definition) is 2. The Morgan fingerprint density at radius 3 is 2.47 bits per heavy atom. The highest BCUT2D eigenvalue weighted by Gasteiger charge is 2.28. The molecule has 0 bridgehead atoms. The van der Waals surface area contributed by atoms with E-state index in [1.807, 2.05) is 24.3 Å². The largest absolute Gasteiger partial charge is 0.449 e. The maximum atomic E-state index is 12.4. The molecule has 1 fully saturated rings. The van der Waals surface area contributed by atoms with Crippen LogP contribution < -0.4 is 10.6 Å². The lowest BCUT2D eigenvalue weighted by atomic mass is 9.83. The Morgan fingerprint density at radius 1 is 0.944 bits per heavy atom. The number of unbranched alkanes of at least 4 members (excludes halogenated alkanes) is 3. The highest BCUT2D eigenvalue weighted by atomic mass is 16.5. The Bertz CT molecular complexity index is 854. The standard InChI is InChI=1S/C27H38N2O7/c30-15-6-2-1-5-14-28-27(34)36-17-7-16-35-20-26(33)29-19-22-12-10-21(11-13-22)18-25(32)23-8-3-4-9-24(23)31/h10-13,15,23H,1-9,14,16-20H2,(H,28,34)(H,29,33). The molecule has 1 aromatic rings. The van der Waals surface area contributed by atoms with Crippen LogP contribution >= 0.6 is 0 Å². The summed E-state index contributed by atoms with van der Waals surface area (Å²) in [6.07, 6.45) is 7.17. The number of aldehydes is 1. The molecule has 1 unspecified atom stereocenters. The predicted molar refractivity (Wildman–Crippen MR) is 133 cm³/mol. The normalized spacial score (nSPS) is 15.2. The smallest absolute Gasteiger partial charge is 0.407 e. The van der Waals surface area contributed by atoms with Crippen molar-refractivity contribution < 1.29 is 33.4 Å². The van der Waals surface area contributed by atoms with Gasteiger partial charge in [-0.1, -0.05) is 37.1 Å². The fourth-order valence-electron chi connectivity index (χ4n) is 3.94. The SMILES string of the molecule is O=CCCCCCNC(=O)OCCCOCC(=O)NCc1ccc(CC(=O)C2CCCCC2=O)cc1. The molecule has 0 radical (unpaired) electrons. The third-order valence-electron chi connectivity index (χ3n) is 6.00. The van der Waals surface area contributed by atoms with Gasteiger partial charge in [0, 0.05) is 38.8 Å². The van der Waals surface area contributed by atoms with E-state index in [9.17, 15) is 24.0 Å². The molecule has 2 rings (SSSR count). The van der Waals surface area contributed by atoms with Crippen molar-refractivity contribution in [2.24, 2.45) is 5.92 Å². The molecule has 9 heteroatoms. The van der Waals surface area contributed by atoms with Crippen molar-refractivity contribution in [3.8, 4) is 0 Å². The average Bonchev–Trinajstić information content (AvgIpc) is 2.88. The minimum atomic E-state index is -0.485. The number of ketones is 2. The van der Waals surface area contributed by atoms with Gasteiger partial charge in [0.15, 0.2) is 0 Å². The van der Waals surface area contributed by atoms with Gasteiger partial charge in [-0.15, -0.1) is 0 Å². The first kappa shape index (κ1) is 29.2. The van der Waals surface area contributed by atoms with E-state index in [0.717, 1.165) is 49.5 Å². The molecule has 0 saturated heterocycles. The third-order valence-corrected chi connectivity index (χ3v) is 6.00. The first-order valence-electron chi connectivity index (χ1n) is 12.8. The molecule has 0 aromatic heterocycles. The van der Waals surface area contributed by atoms with Gasteiger partial charge in [-0.25, -0.2) is 4.79 Å². The number of Topliss-reactive ketones (excluding diaryl/α,β-unsaturated/α-hetero) is 2. The Labute approximate surface area is 212 Å². The Balaban J connectivity index is 1.50. The van der Waals surface area contributed by atoms with Crippen LogP contribution in [0.1, 0.15) is 68.9 Å². The second-order valence-electron chi connectivity index (χ2n) is 8.99. The van der Waals surface area contributed by atoms with Crippen molar-refractivity contribution in [2.45, 2.75) is 70.8 Å². The van der Waals surface area contributed by atoms with Gasteiger partial charge in [-0.2, -0.15) is 0 Å². The van der Waals surface area contributed by atoms with E-state index in [1.165, 1.54) is 0 Å². The molecule has 198 valence electrons. The van der Waals surface area contributed by atoms with Gasteiger partial charge in [0.05, 0.1) is 19.1 Å².